The Morgan fingerprint density at radius 2 is 2.37 bits per heavy atom. The van der Waals surface area contributed by atoms with Gasteiger partial charge in [-0.3, -0.25) is 0 Å². The topological polar surface area (TPSA) is 42.3 Å². The van der Waals surface area contributed by atoms with Gasteiger partial charge in [-0.1, -0.05) is 0 Å². The lowest BCUT2D eigenvalue weighted by molar-refractivity contribution is 0.142. The van der Waals surface area contributed by atoms with Crippen molar-refractivity contribution in [3.8, 4) is 0 Å². The van der Waals surface area contributed by atoms with Crippen LogP contribution in [0.5, 0.6) is 0 Å². The number of anilines is 1. The molecule has 2 heterocycles. The predicted octanol–water partition coefficient (Wildman–Crippen LogP) is 1.73. The van der Waals surface area contributed by atoms with Gasteiger partial charge in [0.25, 0.3) is 0 Å². The summed E-state index contributed by atoms with van der Waals surface area (Å²) in [7, 11) is 2.17. The van der Waals surface area contributed by atoms with Gasteiger partial charge in [0.05, 0.1) is 5.69 Å². The Morgan fingerprint density at radius 3 is 3.05 bits per heavy atom. The number of likely N-dealkylation sites (N-methyl/N-ethyl adjacent to an activating group) is 1. The van der Waals surface area contributed by atoms with E-state index in [2.05, 4.69) is 33.0 Å². The van der Waals surface area contributed by atoms with E-state index in [9.17, 15) is 0 Å². The maximum Gasteiger partial charge on any atom is 0.203 e. The van der Waals surface area contributed by atoms with Gasteiger partial charge in [0.15, 0.2) is 0 Å². The lowest BCUT2D eigenvalue weighted by Gasteiger charge is -2.15. The van der Waals surface area contributed by atoms with E-state index in [-0.39, 0.29) is 0 Å². The van der Waals surface area contributed by atoms with E-state index < -0.39 is 0 Å². The van der Waals surface area contributed by atoms with Crippen LogP contribution in [0.4, 0.5) is 5.95 Å². The van der Waals surface area contributed by atoms with Gasteiger partial charge < -0.3 is 19.5 Å². The number of nitrogens with zero attached hydrogens (tertiary/aromatic N) is 3. The molecule has 1 aromatic rings. The van der Waals surface area contributed by atoms with Crippen molar-refractivity contribution in [2.45, 2.75) is 39.3 Å². The molecule has 1 saturated heterocycles. The summed E-state index contributed by atoms with van der Waals surface area (Å²) in [6, 6.07) is 0.525. The SMILES string of the molecule is CCOCCCn1cc(C)nc1NC1CCN(C)C1. The van der Waals surface area contributed by atoms with Crippen LogP contribution in [-0.2, 0) is 11.3 Å². The predicted molar refractivity (Wildman–Crippen MR) is 77.6 cm³/mol. The molecule has 0 amide bonds. The molecule has 0 saturated carbocycles. The van der Waals surface area contributed by atoms with Crippen molar-refractivity contribution in [1.29, 1.82) is 0 Å². The molecule has 0 radical (unpaired) electrons. The summed E-state index contributed by atoms with van der Waals surface area (Å²) in [5.41, 5.74) is 1.07. The standard InChI is InChI=1S/C14H26N4O/c1-4-19-9-5-7-18-10-12(2)15-14(18)16-13-6-8-17(3)11-13/h10,13H,4-9,11H2,1-3H3,(H,15,16). The highest BCUT2D eigenvalue weighted by atomic mass is 16.5. The first-order valence-electron chi connectivity index (χ1n) is 7.25. The number of rotatable bonds is 7. The zero-order valence-corrected chi connectivity index (χ0v) is 12.4. The van der Waals surface area contributed by atoms with Crippen LogP contribution in [0.25, 0.3) is 0 Å². The first-order valence-corrected chi connectivity index (χ1v) is 7.25. The molecule has 1 aliphatic rings. The van der Waals surface area contributed by atoms with Crippen molar-refractivity contribution < 1.29 is 4.74 Å². The Kier molecular flexibility index (Phi) is 5.22. The summed E-state index contributed by atoms with van der Waals surface area (Å²) in [6.45, 7) is 8.93. The normalized spacial score (nSPS) is 20.1. The van der Waals surface area contributed by atoms with Crippen molar-refractivity contribution >= 4 is 5.95 Å². The van der Waals surface area contributed by atoms with E-state index in [1.807, 2.05) is 13.8 Å². The van der Waals surface area contributed by atoms with Crippen LogP contribution in [-0.4, -0.2) is 53.8 Å². The van der Waals surface area contributed by atoms with E-state index in [4.69, 9.17) is 4.74 Å². The van der Waals surface area contributed by atoms with Crippen molar-refractivity contribution in [2.24, 2.45) is 0 Å². The van der Waals surface area contributed by atoms with Gasteiger partial charge in [-0.05, 0) is 40.3 Å². The molecule has 1 N–H and O–H groups in total. The molecule has 1 unspecified atom stereocenters. The minimum absolute atomic E-state index is 0.525. The largest absolute Gasteiger partial charge is 0.382 e. The van der Waals surface area contributed by atoms with Crippen LogP contribution in [0.15, 0.2) is 6.20 Å². The molecule has 19 heavy (non-hydrogen) atoms. The Labute approximate surface area is 116 Å². The molecule has 1 aromatic heterocycles. The van der Waals surface area contributed by atoms with Gasteiger partial charge in [-0.2, -0.15) is 0 Å². The smallest absolute Gasteiger partial charge is 0.203 e. The van der Waals surface area contributed by atoms with Crippen molar-refractivity contribution in [2.75, 3.05) is 38.7 Å². The number of hydrogen-bond acceptors (Lipinski definition) is 4. The molecule has 0 spiro atoms. The zero-order chi connectivity index (χ0) is 13.7. The quantitative estimate of drug-likeness (QED) is 0.763. The van der Waals surface area contributed by atoms with E-state index in [1.54, 1.807) is 0 Å². The monoisotopic (exact) mass is 266 g/mol. The van der Waals surface area contributed by atoms with Gasteiger partial charge in [0.1, 0.15) is 0 Å². The van der Waals surface area contributed by atoms with Crippen LogP contribution >= 0.6 is 0 Å². The third kappa shape index (κ3) is 4.21. The van der Waals surface area contributed by atoms with Gasteiger partial charge in [-0.25, -0.2) is 4.98 Å². The van der Waals surface area contributed by atoms with E-state index >= 15 is 0 Å². The molecule has 5 nitrogen and oxygen atoms in total. The maximum absolute atomic E-state index is 5.39. The highest BCUT2D eigenvalue weighted by molar-refractivity contribution is 5.30. The second kappa shape index (κ2) is 6.91. The van der Waals surface area contributed by atoms with Gasteiger partial charge in [-0.15, -0.1) is 0 Å². The molecule has 0 aliphatic carbocycles. The summed E-state index contributed by atoms with van der Waals surface area (Å²) in [4.78, 5) is 6.94. The molecular formula is C14H26N4O. The minimum atomic E-state index is 0.525. The summed E-state index contributed by atoms with van der Waals surface area (Å²) in [5, 5.41) is 3.57. The van der Waals surface area contributed by atoms with Gasteiger partial charge >= 0.3 is 0 Å². The average molecular weight is 266 g/mol. The number of ether oxygens (including phenoxy) is 1. The van der Waals surface area contributed by atoms with Crippen LogP contribution in [0.1, 0.15) is 25.5 Å². The minimum Gasteiger partial charge on any atom is -0.382 e. The first-order chi connectivity index (χ1) is 9.19. The summed E-state index contributed by atoms with van der Waals surface area (Å²) < 4.78 is 7.60. The Balaban J connectivity index is 1.88. The van der Waals surface area contributed by atoms with Crippen LogP contribution < -0.4 is 5.32 Å². The molecule has 1 aliphatic heterocycles. The van der Waals surface area contributed by atoms with E-state index in [0.717, 1.165) is 44.4 Å². The number of hydrogen-bond donors (Lipinski definition) is 1. The first kappa shape index (κ1) is 14.3. The lowest BCUT2D eigenvalue weighted by Crippen LogP contribution is -2.25. The molecule has 2 rings (SSSR count). The van der Waals surface area contributed by atoms with Gasteiger partial charge in [0.2, 0.25) is 5.95 Å². The Hall–Kier alpha value is -1.07. The summed E-state index contributed by atoms with van der Waals surface area (Å²) >= 11 is 0. The summed E-state index contributed by atoms with van der Waals surface area (Å²) in [6.07, 6.45) is 4.34. The maximum atomic E-state index is 5.39. The molecule has 108 valence electrons. The van der Waals surface area contributed by atoms with Crippen molar-refractivity contribution in [3.63, 3.8) is 0 Å². The fraction of sp³-hybridized carbons (Fsp3) is 0.786. The molecule has 0 bridgehead atoms. The third-order valence-corrected chi connectivity index (χ3v) is 3.51. The number of likely N-dealkylation sites (tertiary alicyclic amines) is 1. The van der Waals surface area contributed by atoms with Crippen LogP contribution in [0.3, 0.4) is 0 Å². The highest BCUT2D eigenvalue weighted by Crippen LogP contribution is 2.15. The molecular weight excluding hydrogens is 240 g/mol. The van der Waals surface area contributed by atoms with Crippen molar-refractivity contribution in [1.82, 2.24) is 14.5 Å². The Bertz CT molecular complexity index is 391. The van der Waals surface area contributed by atoms with Crippen LogP contribution in [0.2, 0.25) is 0 Å². The van der Waals surface area contributed by atoms with Crippen LogP contribution in [0, 0.1) is 6.92 Å². The highest BCUT2D eigenvalue weighted by Gasteiger charge is 2.20. The third-order valence-electron chi connectivity index (χ3n) is 3.51. The fourth-order valence-corrected chi connectivity index (χ4v) is 2.55. The molecule has 1 atom stereocenters. The fourth-order valence-electron chi connectivity index (χ4n) is 2.55. The number of aryl methyl sites for hydroxylation is 2. The second-order valence-corrected chi connectivity index (χ2v) is 5.34. The number of nitrogens with one attached hydrogen (secondary N) is 1. The zero-order valence-electron chi connectivity index (χ0n) is 12.4. The van der Waals surface area contributed by atoms with Gasteiger partial charge in [0, 0.05) is 38.5 Å². The molecule has 1 fully saturated rings. The molecule has 5 heteroatoms. The average Bonchev–Trinajstić information content (AvgIpc) is 2.92. The number of aromatic nitrogens is 2. The van der Waals surface area contributed by atoms with Crippen molar-refractivity contribution in [3.05, 3.63) is 11.9 Å². The van der Waals surface area contributed by atoms with E-state index in [0.29, 0.717) is 6.04 Å². The lowest BCUT2D eigenvalue weighted by atomic mass is 10.3. The summed E-state index contributed by atoms with van der Waals surface area (Å²) in [5.74, 6) is 1.01. The van der Waals surface area contributed by atoms with E-state index in [1.165, 1.54) is 13.0 Å². The second-order valence-electron chi connectivity index (χ2n) is 5.34. The number of imidazole rings is 1. The Morgan fingerprint density at radius 1 is 1.53 bits per heavy atom. The molecule has 0 aromatic carbocycles.